The lowest BCUT2D eigenvalue weighted by Gasteiger charge is -2.31. The summed E-state index contributed by atoms with van der Waals surface area (Å²) >= 11 is 10.8. The summed E-state index contributed by atoms with van der Waals surface area (Å²) in [5.74, 6) is 1.70. The van der Waals surface area contributed by atoms with Gasteiger partial charge in [0.25, 0.3) is 0 Å². The molecule has 0 N–H and O–H groups in total. The molecule has 0 unspecified atom stereocenters. The van der Waals surface area contributed by atoms with Gasteiger partial charge in [-0.15, -0.1) is 0 Å². The molecule has 19 heavy (non-hydrogen) atoms. The first-order chi connectivity index (χ1) is 9.15. The lowest BCUT2D eigenvalue weighted by molar-refractivity contribution is 0.148. The monoisotopic (exact) mass is 298 g/mol. The van der Waals surface area contributed by atoms with Crippen molar-refractivity contribution in [2.24, 2.45) is 5.41 Å². The van der Waals surface area contributed by atoms with Crippen molar-refractivity contribution >= 4 is 24.2 Å². The summed E-state index contributed by atoms with van der Waals surface area (Å²) in [6.45, 7) is 2.77. The molecule has 1 saturated carbocycles. The molecule has 0 bridgehead atoms. The van der Waals surface area contributed by atoms with Gasteiger partial charge in [0.05, 0.1) is 11.6 Å². The number of ether oxygens (including phenoxy) is 1. The predicted octanol–water partition coefficient (Wildman–Crippen LogP) is 5.30. The summed E-state index contributed by atoms with van der Waals surface area (Å²) < 4.78 is 6.00. The molecule has 1 nitrogen and oxygen atoms in total. The van der Waals surface area contributed by atoms with Crippen molar-refractivity contribution in [3.63, 3.8) is 0 Å². The Kier molecular flexibility index (Phi) is 5.47. The Morgan fingerprint density at radius 1 is 1.21 bits per heavy atom. The maximum Gasteiger partial charge on any atom is 0.137 e. The Bertz CT molecular complexity index is 411. The maximum absolute atomic E-state index is 6.22. The van der Waals surface area contributed by atoms with E-state index in [1.807, 2.05) is 25.1 Å². The fourth-order valence-electron chi connectivity index (χ4n) is 2.78. The molecule has 0 amide bonds. The van der Waals surface area contributed by atoms with Crippen LogP contribution in [0.25, 0.3) is 0 Å². The van der Waals surface area contributed by atoms with Crippen molar-refractivity contribution in [2.45, 2.75) is 45.4 Å². The summed E-state index contributed by atoms with van der Waals surface area (Å²) in [5.41, 5.74) is 1.39. The Morgan fingerprint density at radius 2 is 1.89 bits per heavy atom. The number of benzene rings is 1. The Morgan fingerprint density at radius 3 is 2.47 bits per heavy atom. The average Bonchev–Trinajstić information content (AvgIpc) is 2.64. The molecule has 0 atom stereocenters. The molecule has 0 heterocycles. The molecule has 1 aliphatic rings. The van der Waals surface area contributed by atoms with E-state index in [2.05, 4.69) is 12.6 Å². The van der Waals surface area contributed by atoms with Crippen LogP contribution >= 0.6 is 24.2 Å². The number of aryl methyl sites for hydroxylation is 1. The van der Waals surface area contributed by atoms with Crippen LogP contribution in [0.15, 0.2) is 18.2 Å². The second kappa shape index (κ2) is 6.90. The van der Waals surface area contributed by atoms with Crippen molar-refractivity contribution in [1.82, 2.24) is 0 Å². The summed E-state index contributed by atoms with van der Waals surface area (Å²) in [7, 11) is 0. The van der Waals surface area contributed by atoms with E-state index >= 15 is 0 Å². The molecular formula is C16H23ClOS. The summed E-state index contributed by atoms with van der Waals surface area (Å²) in [5, 5.41) is 0.711. The minimum Gasteiger partial charge on any atom is -0.491 e. The Labute approximate surface area is 127 Å². The van der Waals surface area contributed by atoms with E-state index in [0.717, 1.165) is 23.7 Å². The zero-order chi connectivity index (χ0) is 13.7. The summed E-state index contributed by atoms with van der Waals surface area (Å²) in [6, 6.07) is 5.97. The number of thiol groups is 1. The zero-order valence-corrected chi connectivity index (χ0v) is 13.3. The van der Waals surface area contributed by atoms with Gasteiger partial charge in [-0.25, -0.2) is 0 Å². The molecule has 106 valence electrons. The predicted molar refractivity (Wildman–Crippen MR) is 85.7 cm³/mol. The molecule has 0 saturated heterocycles. The Hall–Kier alpha value is -0.340. The smallest absolute Gasteiger partial charge is 0.137 e. The van der Waals surface area contributed by atoms with E-state index in [1.54, 1.807) is 0 Å². The fourth-order valence-corrected chi connectivity index (χ4v) is 3.48. The highest BCUT2D eigenvalue weighted by atomic mass is 35.5. The van der Waals surface area contributed by atoms with Crippen molar-refractivity contribution in [1.29, 1.82) is 0 Å². The van der Waals surface area contributed by atoms with Crippen LogP contribution in [-0.2, 0) is 0 Å². The van der Waals surface area contributed by atoms with Crippen molar-refractivity contribution in [3.8, 4) is 5.75 Å². The van der Waals surface area contributed by atoms with Crippen LogP contribution in [-0.4, -0.2) is 12.4 Å². The quantitative estimate of drug-likeness (QED) is 0.586. The number of halogens is 1. The molecule has 1 aromatic rings. The lowest BCUT2D eigenvalue weighted by Crippen LogP contribution is -2.30. The second-order valence-corrected chi connectivity index (χ2v) is 6.52. The topological polar surface area (TPSA) is 9.23 Å². The van der Waals surface area contributed by atoms with Gasteiger partial charge in [-0.1, -0.05) is 43.4 Å². The van der Waals surface area contributed by atoms with E-state index in [1.165, 1.54) is 38.5 Å². The molecule has 1 aromatic carbocycles. The Balaban J connectivity index is 2.02. The van der Waals surface area contributed by atoms with Gasteiger partial charge in [0, 0.05) is 5.41 Å². The van der Waals surface area contributed by atoms with Gasteiger partial charge in [0.2, 0.25) is 0 Å². The van der Waals surface area contributed by atoms with Gasteiger partial charge in [0.15, 0.2) is 0 Å². The highest BCUT2D eigenvalue weighted by Gasteiger charge is 2.30. The van der Waals surface area contributed by atoms with Crippen LogP contribution in [0, 0.1) is 12.3 Å². The van der Waals surface area contributed by atoms with Crippen LogP contribution in [0.2, 0.25) is 5.02 Å². The van der Waals surface area contributed by atoms with E-state index < -0.39 is 0 Å². The van der Waals surface area contributed by atoms with Crippen LogP contribution in [0.3, 0.4) is 0 Å². The van der Waals surface area contributed by atoms with E-state index in [9.17, 15) is 0 Å². The normalized spacial score (nSPS) is 18.9. The van der Waals surface area contributed by atoms with Crippen molar-refractivity contribution in [3.05, 3.63) is 28.8 Å². The minimum absolute atomic E-state index is 0.230. The maximum atomic E-state index is 6.22. The van der Waals surface area contributed by atoms with Gasteiger partial charge in [-0.3, -0.25) is 0 Å². The molecule has 0 aromatic heterocycles. The van der Waals surface area contributed by atoms with Gasteiger partial charge in [-0.2, -0.15) is 12.6 Å². The molecule has 2 rings (SSSR count). The highest BCUT2D eigenvalue weighted by molar-refractivity contribution is 7.80. The molecule has 1 aliphatic carbocycles. The first kappa shape index (κ1) is 15.1. The fraction of sp³-hybridized carbons (Fsp3) is 0.625. The number of rotatable bonds is 4. The molecular weight excluding hydrogens is 276 g/mol. The molecule has 0 aliphatic heterocycles. The van der Waals surface area contributed by atoms with E-state index in [-0.39, 0.29) is 5.41 Å². The SMILES string of the molecule is Cc1ccc(OCC2(CS)CCCCCC2)c(Cl)c1. The molecule has 0 spiro atoms. The molecule has 1 fully saturated rings. The van der Waals surface area contributed by atoms with Crippen LogP contribution in [0.5, 0.6) is 5.75 Å². The first-order valence-corrected chi connectivity index (χ1v) is 8.16. The standard InChI is InChI=1S/C16H23ClOS/c1-13-6-7-15(14(17)10-13)18-11-16(12-19)8-4-2-3-5-9-16/h6-7,10,19H,2-5,8-9,11-12H2,1H3. The van der Waals surface area contributed by atoms with Gasteiger partial charge < -0.3 is 4.74 Å². The van der Waals surface area contributed by atoms with Crippen molar-refractivity contribution in [2.75, 3.05) is 12.4 Å². The molecule has 0 radical (unpaired) electrons. The van der Waals surface area contributed by atoms with Crippen molar-refractivity contribution < 1.29 is 4.74 Å². The summed E-state index contributed by atoms with van der Waals surface area (Å²) in [6.07, 6.45) is 7.73. The third kappa shape index (κ3) is 4.06. The average molecular weight is 299 g/mol. The largest absolute Gasteiger partial charge is 0.491 e. The molecule has 3 heteroatoms. The van der Waals surface area contributed by atoms with E-state index in [0.29, 0.717) is 5.02 Å². The highest BCUT2D eigenvalue weighted by Crippen LogP contribution is 2.37. The van der Waals surface area contributed by atoms with Crippen LogP contribution in [0.4, 0.5) is 0 Å². The zero-order valence-electron chi connectivity index (χ0n) is 11.6. The second-order valence-electron chi connectivity index (χ2n) is 5.79. The minimum atomic E-state index is 0.230. The lowest BCUT2D eigenvalue weighted by atomic mass is 9.83. The van der Waals surface area contributed by atoms with Crippen LogP contribution in [0.1, 0.15) is 44.1 Å². The van der Waals surface area contributed by atoms with E-state index in [4.69, 9.17) is 16.3 Å². The summed E-state index contributed by atoms with van der Waals surface area (Å²) in [4.78, 5) is 0. The van der Waals surface area contributed by atoms with Crippen LogP contribution < -0.4 is 4.74 Å². The third-order valence-electron chi connectivity index (χ3n) is 4.12. The van der Waals surface area contributed by atoms with Gasteiger partial charge >= 0.3 is 0 Å². The number of hydrogen-bond donors (Lipinski definition) is 1. The van der Waals surface area contributed by atoms with Gasteiger partial charge in [0.1, 0.15) is 5.75 Å². The number of hydrogen-bond acceptors (Lipinski definition) is 2. The first-order valence-electron chi connectivity index (χ1n) is 7.15. The van der Waals surface area contributed by atoms with Gasteiger partial charge in [-0.05, 0) is 43.2 Å². The third-order valence-corrected chi connectivity index (χ3v) is 5.09.